The third kappa shape index (κ3) is 7.63. The van der Waals surface area contributed by atoms with Crippen LogP contribution in [-0.4, -0.2) is 67.7 Å². The minimum absolute atomic E-state index is 0.182. The third-order valence-electron chi connectivity index (χ3n) is 7.48. The number of carbonyl (C=O) groups excluding carboxylic acids is 1. The molecule has 0 spiro atoms. The van der Waals surface area contributed by atoms with E-state index in [1.165, 1.54) is 18.5 Å². The zero-order chi connectivity index (χ0) is 30.9. The Morgan fingerprint density at radius 2 is 2.05 bits per heavy atom. The third-order valence-corrected chi connectivity index (χ3v) is 7.77. The predicted molar refractivity (Wildman–Crippen MR) is 171 cm³/mol. The van der Waals surface area contributed by atoms with Crippen molar-refractivity contribution in [3.8, 4) is 11.5 Å². The van der Waals surface area contributed by atoms with Gasteiger partial charge in [0, 0.05) is 37.5 Å². The van der Waals surface area contributed by atoms with Crippen molar-refractivity contribution in [1.82, 2.24) is 14.9 Å². The summed E-state index contributed by atoms with van der Waals surface area (Å²) in [6, 6.07) is 15.5. The molecule has 11 heteroatoms. The van der Waals surface area contributed by atoms with Crippen molar-refractivity contribution in [2.75, 3.05) is 51.1 Å². The van der Waals surface area contributed by atoms with Crippen LogP contribution in [0.2, 0.25) is 5.02 Å². The molecule has 9 nitrogen and oxygen atoms in total. The van der Waals surface area contributed by atoms with Crippen LogP contribution in [0.4, 0.5) is 21.6 Å². The van der Waals surface area contributed by atoms with E-state index in [1.54, 1.807) is 38.5 Å². The van der Waals surface area contributed by atoms with Crippen molar-refractivity contribution >= 4 is 46.0 Å². The van der Waals surface area contributed by atoms with Crippen molar-refractivity contribution in [3.05, 3.63) is 89.0 Å². The van der Waals surface area contributed by atoms with E-state index in [0.717, 1.165) is 32.2 Å². The Labute approximate surface area is 261 Å². The molecule has 4 aromatic rings. The van der Waals surface area contributed by atoms with Crippen molar-refractivity contribution in [2.24, 2.45) is 0 Å². The number of aldehydes is 1. The second-order valence-electron chi connectivity index (χ2n) is 10.4. The lowest BCUT2D eigenvalue weighted by Gasteiger charge is -2.22. The smallest absolute Gasteiger partial charge is 0.155 e. The molecule has 44 heavy (non-hydrogen) atoms. The van der Waals surface area contributed by atoms with Gasteiger partial charge in [-0.3, -0.25) is 9.69 Å². The normalized spacial score (nSPS) is 15.4. The van der Waals surface area contributed by atoms with Crippen molar-refractivity contribution in [3.63, 3.8) is 0 Å². The van der Waals surface area contributed by atoms with Crippen molar-refractivity contribution in [2.45, 2.75) is 25.5 Å². The number of nitrogens with one attached hydrogen (secondary N) is 2. The molecule has 1 saturated heterocycles. The Morgan fingerprint density at radius 3 is 2.82 bits per heavy atom. The number of aromatic nitrogens is 2. The van der Waals surface area contributed by atoms with Crippen LogP contribution in [0.15, 0.2) is 72.6 Å². The maximum Gasteiger partial charge on any atom is 0.155 e. The Morgan fingerprint density at radius 1 is 1.16 bits per heavy atom. The van der Waals surface area contributed by atoms with Crippen molar-refractivity contribution < 1.29 is 23.4 Å². The number of ether oxygens (including phenoxy) is 3. The van der Waals surface area contributed by atoms with Crippen LogP contribution in [0.5, 0.6) is 11.5 Å². The molecule has 1 atom stereocenters. The van der Waals surface area contributed by atoms with Crippen molar-refractivity contribution in [1.29, 1.82) is 0 Å². The summed E-state index contributed by atoms with van der Waals surface area (Å²) in [6.45, 7) is 3.01. The van der Waals surface area contributed by atoms with Gasteiger partial charge in [0.1, 0.15) is 36.6 Å². The second kappa shape index (κ2) is 15.0. The molecule has 1 aliphatic heterocycles. The molecule has 3 aromatic carbocycles. The summed E-state index contributed by atoms with van der Waals surface area (Å²) in [5, 5.41) is 7.73. The lowest BCUT2D eigenvalue weighted by Crippen LogP contribution is -2.31. The van der Waals surface area contributed by atoms with E-state index in [4.69, 9.17) is 25.8 Å². The number of carbonyl (C=O) groups is 1. The number of nitrogens with zero attached hydrogens (tertiary/aromatic N) is 3. The Balaban J connectivity index is 1.33. The molecule has 0 amide bonds. The summed E-state index contributed by atoms with van der Waals surface area (Å²) < 4.78 is 30.4. The fraction of sp³-hybridized carbons (Fsp3) is 0.303. The van der Waals surface area contributed by atoms with E-state index in [2.05, 4.69) is 25.5 Å². The molecule has 5 rings (SSSR count). The first kappa shape index (κ1) is 31.2. The molecule has 0 saturated carbocycles. The minimum Gasteiger partial charge on any atom is -0.494 e. The summed E-state index contributed by atoms with van der Waals surface area (Å²) in [4.78, 5) is 23.2. The average Bonchev–Trinajstić information content (AvgIpc) is 3.48. The van der Waals surface area contributed by atoms with Gasteiger partial charge in [-0.15, -0.1) is 0 Å². The molecule has 230 valence electrons. The van der Waals surface area contributed by atoms with E-state index in [9.17, 15) is 9.18 Å². The number of hydrogen-bond acceptors (Lipinski definition) is 9. The number of rotatable bonds is 14. The molecule has 1 aliphatic rings. The molecule has 0 unspecified atom stereocenters. The highest BCUT2D eigenvalue weighted by Crippen LogP contribution is 2.38. The molecule has 0 aliphatic carbocycles. The maximum absolute atomic E-state index is 13.5. The molecule has 0 bridgehead atoms. The summed E-state index contributed by atoms with van der Waals surface area (Å²) in [5.74, 6) is 1.21. The summed E-state index contributed by atoms with van der Waals surface area (Å²) in [6.07, 6.45) is 6.52. The number of methoxy groups -OCH3 is 2. The van der Waals surface area contributed by atoms with E-state index in [1.807, 2.05) is 24.3 Å². The van der Waals surface area contributed by atoms with Gasteiger partial charge in [-0.05, 0) is 67.4 Å². The number of fused-ring (bicyclic) bond motifs is 1. The highest BCUT2D eigenvalue weighted by atomic mass is 35.5. The lowest BCUT2D eigenvalue weighted by molar-refractivity contribution is -0.104. The van der Waals surface area contributed by atoms with Crippen LogP contribution >= 0.6 is 11.6 Å². The molecule has 2 heterocycles. The number of halogens is 2. The highest BCUT2D eigenvalue weighted by molar-refractivity contribution is 6.32. The summed E-state index contributed by atoms with van der Waals surface area (Å²) >= 11 is 6.52. The zero-order valence-corrected chi connectivity index (χ0v) is 25.4. The molecular weight excluding hydrogens is 585 g/mol. The highest BCUT2D eigenvalue weighted by Gasteiger charge is 2.23. The fourth-order valence-corrected chi connectivity index (χ4v) is 5.53. The average molecular weight is 620 g/mol. The number of hydrogen-bond donors (Lipinski definition) is 2. The quantitative estimate of drug-likeness (QED) is 0.123. The Hall–Kier alpha value is -4.25. The maximum atomic E-state index is 13.5. The van der Waals surface area contributed by atoms with E-state index >= 15 is 0 Å². The molecule has 1 fully saturated rings. The van der Waals surface area contributed by atoms with Gasteiger partial charge in [0.25, 0.3) is 0 Å². The van der Waals surface area contributed by atoms with Gasteiger partial charge in [0.2, 0.25) is 0 Å². The number of likely N-dealkylation sites (tertiary alicyclic amines) is 1. The van der Waals surface area contributed by atoms with Crippen LogP contribution in [0.25, 0.3) is 10.9 Å². The van der Waals surface area contributed by atoms with Gasteiger partial charge in [0.15, 0.2) is 5.75 Å². The Kier molecular flexibility index (Phi) is 10.6. The molecule has 1 aromatic heterocycles. The number of anilines is 3. The van der Waals surface area contributed by atoms with Crippen LogP contribution in [0, 0.1) is 5.82 Å². The monoisotopic (exact) mass is 619 g/mol. The lowest BCUT2D eigenvalue weighted by atomic mass is 10.1. The van der Waals surface area contributed by atoms with Gasteiger partial charge in [-0.25, -0.2) is 14.4 Å². The zero-order valence-electron chi connectivity index (χ0n) is 24.7. The molecule has 2 N–H and O–H groups in total. The van der Waals surface area contributed by atoms with Crippen LogP contribution in [0.3, 0.4) is 0 Å². The van der Waals surface area contributed by atoms with Crippen LogP contribution in [0.1, 0.15) is 18.4 Å². The van der Waals surface area contributed by atoms with E-state index in [0.29, 0.717) is 68.9 Å². The molecule has 0 radical (unpaired) electrons. The first-order valence-electron chi connectivity index (χ1n) is 14.4. The predicted octanol–water partition coefficient (Wildman–Crippen LogP) is 6.40. The fourth-order valence-electron chi connectivity index (χ4n) is 5.30. The minimum atomic E-state index is -0.322. The summed E-state index contributed by atoms with van der Waals surface area (Å²) in [7, 11) is 3.28. The van der Waals surface area contributed by atoms with Gasteiger partial charge >= 0.3 is 0 Å². The van der Waals surface area contributed by atoms with E-state index in [-0.39, 0.29) is 18.5 Å². The largest absolute Gasteiger partial charge is 0.494 e. The van der Waals surface area contributed by atoms with Gasteiger partial charge in [0.05, 0.1) is 35.3 Å². The topological polar surface area (TPSA) is 97.8 Å². The first-order chi connectivity index (χ1) is 21.5. The second-order valence-corrected chi connectivity index (χ2v) is 10.8. The van der Waals surface area contributed by atoms with Gasteiger partial charge in [-0.2, -0.15) is 0 Å². The summed E-state index contributed by atoms with van der Waals surface area (Å²) in [5.41, 5.74) is 3.42. The van der Waals surface area contributed by atoms with Crippen LogP contribution < -0.4 is 20.1 Å². The Bertz CT molecular complexity index is 1640. The van der Waals surface area contributed by atoms with Gasteiger partial charge in [-0.1, -0.05) is 29.8 Å². The molecular formula is C33H35ClFN5O4. The number of benzene rings is 3. The standard InChI is InChI=1S/C33H35ClFN5O4/c1-42-14-13-40-12-4-7-26(40)16-23(19-41)18-36-29-10-9-28-31(32(29)43-2)33(38-21-37-28)39-25-8-11-30(27(34)17-25)44-20-22-5-3-6-24(35)15-22/h3,5-6,8-11,15-17,19,21,26,36H,4,7,12-14,18,20H2,1-2H3,(H,37,38,39)/b23-16-/t26-/m1/s1. The first-order valence-corrected chi connectivity index (χ1v) is 14.7. The van der Waals surface area contributed by atoms with Gasteiger partial charge < -0.3 is 24.8 Å². The van der Waals surface area contributed by atoms with Crippen LogP contribution in [-0.2, 0) is 16.1 Å². The SMILES string of the molecule is COCCN1CCC[C@@H]1/C=C(\C=O)CNc1ccc2ncnc(Nc3ccc(OCc4cccc(F)c4)c(Cl)c3)c2c1OC. The van der Waals surface area contributed by atoms with E-state index < -0.39 is 0 Å².